The summed E-state index contributed by atoms with van der Waals surface area (Å²) in [4.78, 5) is 24.8. The van der Waals surface area contributed by atoms with Crippen molar-refractivity contribution in [1.29, 1.82) is 0 Å². The molecule has 0 spiro atoms. The predicted octanol–water partition coefficient (Wildman–Crippen LogP) is 0.807. The Morgan fingerprint density at radius 2 is 2.22 bits per heavy atom. The molecule has 1 amide bonds. The fourth-order valence-electron chi connectivity index (χ4n) is 1.30. The van der Waals surface area contributed by atoms with Crippen molar-refractivity contribution in [2.24, 2.45) is 0 Å². The highest BCUT2D eigenvalue weighted by Gasteiger charge is 2.11. The molecule has 0 aliphatic heterocycles. The lowest BCUT2D eigenvalue weighted by molar-refractivity contribution is -0.127. The summed E-state index contributed by atoms with van der Waals surface area (Å²) < 4.78 is 1.26. The van der Waals surface area contributed by atoms with Crippen LogP contribution >= 0.6 is 11.6 Å². The molecule has 1 aromatic heterocycles. The maximum atomic E-state index is 11.7. The number of hydrogen-bond donors (Lipinski definition) is 1. The maximum Gasteiger partial charge on any atom is 0.287 e. The largest absolute Gasteiger partial charge is 0.373 e. The third-order valence-corrected chi connectivity index (χ3v) is 2.98. The third kappa shape index (κ3) is 3.22. The van der Waals surface area contributed by atoms with Crippen molar-refractivity contribution in [2.45, 2.75) is 20.4 Å². The zero-order chi connectivity index (χ0) is 13.7. The van der Waals surface area contributed by atoms with Crippen LogP contribution in [-0.4, -0.2) is 40.7 Å². The molecule has 6 nitrogen and oxygen atoms in total. The van der Waals surface area contributed by atoms with Gasteiger partial charge in [0, 0.05) is 20.1 Å². The highest BCUT2D eigenvalue weighted by Crippen LogP contribution is 2.14. The molecule has 1 rings (SSSR count). The summed E-state index contributed by atoms with van der Waals surface area (Å²) in [6.07, 6.45) is 1.45. The normalized spacial score (nSPS) is 10.2. The molecule has 0 aromatic carbocycles. The zero-order valence-electron chi connectivity index (χ0n) is 10.7. The number of likely N-dealkylation sites (N-methyl/N-ethyl adjacent to an activating group) is 1. The van der Waals surface area contributed by atoms with Crippen molar-refractivity contribution in [3.8, 4) is 0 Å². The summed E-state index contributed by atoms with van der Waals surface area (Å²) in [5.74, 6) is -0.0757. The van der Waals surface area contributed by atoms with Crippen LogP contribution in [0.2, 0.25) is 5.02 Å². The highest BCUT2D eigenvalue weighted by atomic mass is 35.5. The average Bonchev–Trinajstić information content (AvgIpc) is 2.39. The van der Waals surface area contributed by atoms with E-state index in [4.69, 9.17) is 11.6 Å². The number of carbonyl (C=O) groups is 1. The van der Waals surface area contributed by atoms with Crippen LogP contribution in [0.3, 0.4) is 0 Å². The topological polar surface area (TPSA) is 67.2 Å². The number of hydrogen-bond acceptors (Lipinski definition) is 4. The van der Waals surface area contributed by atoms with Gasteiger partial charge in [-0.3, -0.25) is 9.59 Å². The first-order chi connectivity index (χ1) is 8.51. The van der Waals surface area contributed by atoms with Gasteiger partial charge in [-0.2, -0.15) is 5.10 Å². The van der Waals surface area contributed by atoms with Crippen LogP contribution in [0.25, 0.3) is 0 Å². The number of anilines is 1. The smallest absolute Gasteiger partial charge is 0.287 e. The lowest BCUT2D eigenvalue weighted by Gasteiger charge is -2.15. The summed E-state index contributed by atoms with van der Waals surface area (Å²) in [6, 6.07) is 0. The van der Waals surface area contributed by atoms with Crippen molar-refractivity contribution in [2.75, 3.05) is 25.5 Å². The van der Waals surface area contributed by atoms with Gasteiger partial charge in [0.2, 0.25) is 5.91 Å². The Kier molecular flexibility index (Phi) is 5.15. The predicted molar refractivity (Wildman–Crippen MR) is 71.0 cm³/mol. The van der Waals surface area contributed by atoms with Crippen LogP contribution in [0.15, 0.2) is 11.0 Å². The molecule has 0 saturated heterocycles. The lowest BCUT2D eigenvalue weighted by atomic mass is 10.4. The Morgan fingerprint density at radius 1 is 1.56 bits per heavy atom. The number of amides is 1. The number of halogens is 1. The minimum Gasteiger partial charge on any atom is -0.373 e. The molecular weight excluding hydrogens is 256 g/mol. The van der Waals surface area contributed by atoms with Crippen molar-refractivity contribution >= 4 is 23.2 Å². The van der Waals surface area contributed by atoms with E-state index in [1.54, 1.807) is 18.9 Å². The number of aryl methyl sites for hydroxylation is 1. The Hall–Kier alpha value is -1.56. The van der Waals surface area contributed by atoms with Gasteiger partial charge in [-0.15, -0.1) is 0 Å². The van der Waals surface area contributed by atoms with E-state index in [0.717, 1.165) is 0 Å². The number of rotatable bonds is 5. The van der Waals surface area contributed by atoms with Gasteiger partial charge in [-0.25, -0.2) is 4.68 Å². The second-order valence-corrected chi connectivity index (χ2v) is 4.13. The first-order valence-electron chi connectivity index (χ1n) is 5.74. The van der Waals surface area contributed by atoms with Gasteiger partial charge in [0.25, 0.3) is 5.56 Å². The molecular formula is C11H17ClN4O2. The molecule has 0 bridgehead atoms. The Bertz CT molecular complexity index is 486. The molecule has 0 radical (unpaired) electrons. The molecule has 1 heterocycles. The highest BCUT2D eigenvalue weighted by molar-refractivity contribution is 6.33. The van der Waals surface area contributed by atoms with E-state index in [1.165, 1.54) is 10.9 Å². The molecule has 0 atom stereocenters. The van der Waals surface area contributed by atoms with Crippen LogP contribution in [-0.2, 0) is 11.3 Å². The zero-order valence-corrected chi connectivity index (χ0v) is 11.5. The molecule has 0 aliphatic rings. The third-order valence-electron chi connectivity index (χ3n) is 2.61. The Labute approximate surface area is 111 Å². The molecule has 7 heteroatoms. The van der Waals surface area contributed by atoms with Crippen LogP contribution in [0, 0.1) is 0 Å². The number of carbonyl (C=O) groups excluding carboxylic acids is 1. The molecule has 18 heavy (non-hydrogen) atoms. The van der Waals surface area contributed by atoms with Crippen LogP contribution in [0.5, 0.6) is 0 Å². The minimum atomic E-state index is -0.361. The van der Waals surface area contributed by atoms with E-state index >= 15 is 0 Å². The van der Waals surface area contributed by atoms with Gasteiger partial charge in [-0.1, -0.05) is 11.6 Å². The Morgan fingerprint density at radius 3 is 2.78 bits per heavy atom. The summed E-state index contributed by atoms with van der Waals surface area (Å²) in [6.45, 7) is 4.86. The summed E-state index contributed by atoms with van der Waals surface area (Å²) >= 11 is 5.91. The first-order valence-corrected chi connectivity index (χ1v) is 6.12. The maximum absolute atomic E-state index is 11.7. The van der Waals surface area contributed by atoms with Gasteiger partial charge in [-0.05, 0) is 13.8 Å². The molecule has 0 saturated carbocycles. The first kappa shape index (κ1) is 14.5. The second-order valence-electron chi connectivity index (χ2n) is 3.75. The van der Waals surface area contributed by atoms with E-state index in [2.05, 4.69) is 10.4 Å². The van der Waals surface area contributed by atoms with E-state index in [-0.39, 0.29) is 23.0 Å². The standard InChI is InChI=1S/C11H17ClN4O2/c1-4-15(3)9(17)7-13-8-6-14-16(5-2)11(18)10(8)12/h6,13H,4-5,7H2,1-3H3. The van der Waals surface area contributed by atoms with Gasteiger partial charge < -0.3 is 10.2 Å². The van der Waals surface area contributed by atoms with Crippen LogP contribution in [0.4, 0.5) is 5.69 Å². The van der Waals surface area contributed by atoms with Crippen molar-refractivity contribution in [3.05, 3.63) is 21.6 Å². The molecule has 1 aromatic rings. The Balaban J connectivity index is 2.78. The number of nitrogens with zero attached hydrogens (tertiary/aromatic N) is 3. The monoisotopic (exact) mass is 272 g/mol. The SMILES string of the molecule is CCN(C)C(=O)CNc1cnn(CC)c(=O)c1Cl. The molecule has 0 aliphatic carbocycles. The number of aromatic nitrogens is 2. The summed E-state index contributed by atoms with van der Waals surface area (Å²) in [5, 5.41) is 6.81. The fraction of sp³-hybridized carbons (Fsp3) is 0.545. The molecule has 0 fully saturated rings. The second kappa shape index (κ2) is 6.39. The number of nitrogens with one attached hydrogen (secondary N) is 1. The van der Waals surface area contributed by atoms with Gasteiger partial charge in [0.1, 0.15) is 5.02 Å². The van der Waals surface area contributed by atoms with Gasteiger partial charge >= 0.3 is 0 Å². The minimum absolute atomic E-state index is 0.0544. The van der Waals surface area contributed by atoms with Crippen molar-refractivity contribution in [3.63, 3.8) is 0 Å². The van der Waals surface area contributed by atoms with Crippen LogP contribution < -0.4 is 10.9 Å². The van der Waals surface area contributed by atoms with E-state index < -0.39 is 0 Å². The van der Waals surface area contributed by atoms with Crippen molar-refractivity contribution < 1.29 is 4.79 Å². The summed E-state index contributed by atoms with van der Waals surface area (Å²) in [7, 11) is 1.71. The molecule has 100 valence electrons. The van der Waals surface area contributed by atoms with Crippen LogP contribution in [0.1, 0.15) is 13.8 Å². The molecule has 0 unspecified atom stereocenters. The van der Waals surface area contributed by atoms with E-state index in [0.29, 0.717) is 18.8 Å². The lowest BCUT2D eigenvalue weighted by Crippen LogP contribution is -2.32. The summed E-state index contributed by atoms with van der Waals surface area (Å²) in [5.41, 5.74) is 0.0182. The van der Waals surface area contributed by atoms with E-state index in [9.17, 15) is 9.59 Å². The average molecular weight is 273 g/mol. The fourth-order valence-corrected chi connectivity index (χ4v) is 1.51. The van der Waals surface area contributed by atoms with Gasteiger partial charge in [0.15, 0.2) is 0 Å². The quantitative estimate of drug-likeness (QED) is 0.861. The van der Waals surface area contributed by atoms with Gasteiger partial charge in [0.05, 0.1) is 18.4 Å². The van der Waals surface area contributed by atoms with E-state index in [1.807, 2.05) is 6.92 Å². The van der Waals surface area contributed by atoms with Crippen molar-refractivity contribution in [1.82, 2.24) is 14.7 Å². The molecule has 1 N–H and O–H groups in total.